The number of rotatable bonds is 3. The van der Waals surface area contributed by atoms with E-state index in [-0.39, 0.29) is 12.2 Å². The zero-order valence-corrected chi connectivity index (χ0v) is 16.5. The summed E-state index contributed by atoms with van der Waals surface area (Å²) < 4.78 is 12.1. The van der Waals surface area contributed by atoms with E-state index in [0.29, 0.717) is 45.1 Å². The maximum absolute atomic E-state index is 12.3. The lowest BCUT2D eigenvalue weighted by Crippen LogP contribution is -2.51. The fraction of sp³-hybridized carbons (Fsp3) is 0.400. The van der Waals surface area contributed by atoms with Crippen LogP contribution >= 0.6 is 0 Å². The molecule has 2 saturated heterocycles. The minimum atomic E-state index is -0.271. The molecule has 0 radical (unpaired) electrons. The number of aryl methyl sites for hydroxylation is 1. The number of pyridine rings is 1. The molecule has 0 unspecified atom stereocenters. The molecule has 0 atom stereocenters. The Morgan fingerprint density at radius 1 is 1.33 bits per heavy atom. The standard InChI is InChI=1S/C20H21N7O3/c1-25-10-15(17(9-21)24-25)16-8-14-18(2-3-22-19(14)23-16)26-4-6-27(7-5-26)20(28)30-13-11-29-12-13/h2-3,8,10,13H,4-7,11-12H2,1H3,(H,22,23). The summed E-state index contributed by atoms with van der Waals surface area (Å²) in [5.74, 6) is 0. The molecular weight excluding hydrogens is 386 g/mol. The number of carbonyl (C=O) groups excluding carboxylic acids is 1. The first-order valence-electron chi connectivity index (χ1n) is 9.82. The molecule has 30 heavy (non-hydrogen) atoms. The van der Waals surface area contributed by atoms with E-state index in [4.69, 9.17) is 9.47 Å². The van der Waals surface area contributed by atoms with E-state index in [2.05, 4.69) is 26.0 Å². The Morgan fingerprint density at radius 2 is 2.13 bits per heavy atom. The zero-order valence-electron chi connectivity index (χ0n) is 16.5. The van der Waals surface area contributed by atoms with E-state index in [1.807, 2.05) is 18.3 Å². The highest BCUT2D eigenvalue weighted by Crippen LogP contribution is 2.31. The number of aromatic nitrogens is 4. The SMILES string of the molecule is Cn1cc(-c2cc3c(N4CCN(C(=O)OC5COC5)CC4)ccnc3[nH]2)c(C#N)n1. The summed E-state index contributed by atoms with van der Waals surface area (Å²) in [6, 6.07) is 6.12. The monoisotopic (exact) mass is 407 g/mol. The van der Waals surface area contributed by atoms with Gasteiger partial charge < -0.3 is 24.3 Å². The van der Waals surface area contributed by atoms with Gasteiger partial charge in [-0.3, -0.25) is 4.68 Å². The van der Waals surface area contributed by atoms with Gasteiger partial charge >= 0.3 is 6.09 Å². The Morgan fingerprint density at radius 3 is 2.83 bits per heavy atom. The molecule has 1 amide bonds. The number of ether oxygens (including phenoxy) is 2. The minimum Gasteiger partial charge on any atom is -0.441 e. The van der Waals surface area contributed by atoms with E-state index < -0.39 is 0 Å². The van der Waals surface area contributed by atoms with Crippen molar-refractivity contribution >= 4 is 22.8 Å². The van der Waals surface area contributed by atoms with Crippen LogP contribution in [0.4, 0.5) is 10.5 Å². The lowest BCUT2D eigenvalue weighted by molar-refractivity contribution is -0.104. The summed E-state index contributed by atoms with van der Waals surface area (Å²) >= 11 is 0. The molecule has 0 saturated carbocycles. The van der Waals surface area contributed by atoms with Gasteiger partial charge in [0.05, 0.1) is 24.5 Å². The molecule has 10 heteroatoms. The highest BCUT2D eigenvalue weighted by molar-refractivity contribution is 5.94. The lowest BCUT2D eigenvalue weighted by atomic mass is 10.1. The summed E-state index contributed by atoms with van der Waals surface area (Å²) in [5.41, 5.74) is 3.72. The zero-order chi connectivity index (χ0) is 20.7. The third-order valence-corrected chi connectivity index (χ3v) is 5.49. The molecule has 10 nitrogen and oxygen atoms in total. The minimum absolute atomic E-state index is 0.112. The van der Waals surface area contributed by atoms with Crippen LogP contribution in [0.2, 0.25) is 0 Å². The number of nitrogens with one attached hydrogen (secondary N) is 1. The summed E-state index contributed by atoms with van der Waals surface area (Å²) in [4.78, 5) is 24.0. The highest BCUT2D eigenvalue weighted by Gasteiger charge is 2.28. The van der Waals surface area contributed by atoms with Crippen molar-refractivity contribution in [1.82, 2.24) is 24.6 Å². The number of amides is 1. The van der Waals surface area contributed by atoms with Crippen LogP contribution in [0, 0.1) is 11.3 Å². The number of fused-ring (bicyclic) bond motifs is 1. The average molecular weight is 407 g/mol. The molecule has 154 valence electrons. The van der Waals surface area contributed by atoms with Gasteiger partial charge in [0.15, 0.2) is 11.8 Å². The molecule has 2 fully saturated rings. The van der Waals surface area contributed by atoms with Crippen molar-refractivity contribution in [3.63, 3.8) is 0 Å². The topological polar surface area (TPSA) is 112 Å². The van der Waals surface area contributed by atoms with Gasteiger partial charge in [-0.1, -0.05) is 0 Å². The summed E-state index contributed by atoms with van der Waals surface area (Å²) in [5, 5.41) is 14.5. The van der Waals surface area contributed by atoms with Crippen molar-refractivity contribution in [2.75, 3.05) is 44.3 Å². The molecule has 5 rings (SSSR count). The number of anilines is 1. The first-order chi connectivity index (χ1) is 14.6. The quantitative estimate of drug-likeness (QED) is 0.700. The Kier molecular flexibility index (Phi) is 4.52. The second kappa shape index (κ2) is 7.35. The Labute approximate surface area is 172 Å². The van der Waals surface area contributed by atoms with Crippen LogP contribution in [0.5, 0.6) is 0 Å². The number of piperazine rings is 1. The van der Waals surface area contributed by atoms with Crippen LogP contribution in [0.3, 0.4) is 0 Å². The number of carbonyl (C=O) groups is 1. The fourth-order valence-electron chi connectivity index (χ4n) is 3.83. The number of hydrogen-bond acceptors (Lipinski definition) is 7. The summed E-state index contributed by atoms with van der Waals surface area (Å²) in [6.07, 6.45) is 3.20. The van der Waals surface area contributed by atoms with Crippen molar-refractivity contribution in [2.45, 2.75) is 6.10 Å². The normalized spacial score (nSPS) is 17.1. The molecule has 5 heterocycles. The van der Waals surface area contributed by atoms with Gasteiger partial charge in [-0.15, -0.1) is 0 Å². The van der Waals surface area contributed by atoms with Crippen LogP contribution in [-0.2, 0) is 16.5 Å². The van der Waals surface area contributed by atoms with Crippen LogP contribution in [0.25, 0.3) is 22.3 Å². The maximum Gasteiger partial charge on any atom is 0.410 e. The smallest absolute Gasteiger partial charge is 0.410 e. The Hall–Kier alpha value is -3.58. The van der Waals surface area contributed by atoms with Crippen molar-refractivity contribution in [3.05, 3.63) is 30.2 Å². The number of nitriles is 1. The number of aromatic amines is 1. The van der Waals surface area contributed by atoms with Gasteiger partial charge in [-0.25, -0.2) is 9.78 Å². The molecule has 1 N–H and O–H groups in total. The van der Waals surface area contributed by atoms with Crippen LogP contribution < -0.4 is 4.90 Å². The molecule has 3 aromatic rings. The van der Waals surface area contributed by atoms with Gasteiger partial charge in [0, 0.05) is 56.7 Å². The van der Waals surface area contributed by atoms with Crippen LogP contribution in [-0.4, -0.2) is 76.2 Å². The van der Waals surface area contributed by atoms with Gasteiger partial charge in [0.1, 0.15) is 11.7 Å². The number of hydrogen-bond donors (Lipinski definition) is 1. The molecule has 0 aromatic carbocycles. The van der Waals surface area contributed by atoms with Gasteiger partial charge in [-0.05, 0) is 12.1 Å². The molecule has 3 aromatic heterocycles. The van der Waals surface area contributed by atoms with Gasteiger partial charge in [0.2, 0.25) is 0 Å². The number of H-pyrrole nitrogens is 1. The molecule has 0 spiro atoms. The summed E-state index contributed by atoms with van der Waals surface area (Å²) in [6.45, 7) is 3.56. The third kappa shape index (κ3) is 3.23. The Bertz CT molecular complexity index is 1130. The van der Waals surface area contributed by atoms with Crippen LogP contribution in [0.15, 0.2) is 24.5 Å². The third-order valence-electron chi connectivity index (χ3n) is 5.49. The second-order valence-corrected chi connectivity index (χ2v) is 7.47. The average Bonchev–Trinajstić information content (AvgIpc) is 3.33. The van der Waals surface area contributed by atoms with Gasteiger partial charge in [0.25, 0.3) is 0 Å². The summed E-state index contributed by atoms with van der Waals surface area (Å²) in [7, 11) is 1.79. The van der Waals surface area contributed by atoms with Gasteiger partial charge in [-0.2, -0.15) is 10.4 Å². The Balaban J connectivity index is 1.36. The van der Waals surface area contributed by atoms with E-state index in [1.54, 1.807) is 22.8 Å². The van der Waals surface area contributed by atoms with Crippen molar-refractivity contribution in [3.8, 4) is 17.3 Å². The molecule has 2 aliphatic rings. The molecule has 0 aliphatic carbocycles. The van der Waals surface area contributed by atoms with Crippen molar-refractivity contribution < 1.29 is 14.3 Å². The van der Waals surface area contributed by atoms with E-state index in [0.717, 1.165) is 28.0 Å². The molecule has 2 aliphatic heterocycles. The van der Waals surface area contributed by atoms with E-state index >= 15 is 0 Å². The van der Waals surface area contributed by atoms with Crippen molar-refractivity contribution in [1.29, 1.82) is 5.26 Å². The van der Waals surface area contributed by atoms with Crippen molar-refractivity contribution in [2.24, 2.45) is 7.05 Å². The predicted octanol–water partition coefficient (Wildman–Crippen LogP) is 1.49. The van der Waals surface area contributed by atoms with E-state index in [1.165, 1.54) is 0 Å². The lowest BCUT2D eigenvalue weighted by Gasteiger charge is -2.37. The fourth-order valence-corrected chi connectivity index (χ4v) is 3.83. The second-order valence-electron chi connectivity index (χ2n) is 7.47. The molecule has 0 bridgehead atoms. The highest BCUT2D eigenvalue weighted by atomic mass is 16.6. The predicted molar refractivity (Wildman–Crippen MR) is 108 cm³/mol. The number of nitrogens with zero attached hydrogens (tertiary/aromatic N) is 6. The van der Waals surface area contributed by atoms with E-state index in [9.17, 15) is 10.1 Å². The first kappa shape index (κ1) is 18.4. The maximum atomic E-state index is 12.3. The van der Waals surface area contributed by atoms with Crippen LogP contribution in [0.1, 0.15) is 5.69 Å². The molecular formula is C20H21N7O3. The largest absolute Gasteiger partial charge is 0.441 e. The first-order valence-corrected chi connectivity index (χ1v) is 9.82.